The quantitative estimate of drug-likeness (QED) is 0.812. The molecule has 138 valence electrons. The molecular formula is C19H24N4O2S. The Kier molecular flexibility index (Phi) is 5.00. The van der Waals surface area contributed by atoms with Crippen molar-refractivity contribution >= 4 is 11.8 Å². The summed E-state index contributed by atoms with van der Waals surface area (Å²) in [6.07, 6.45) is 5.06. The number of aromatic nitrogens is 3. The molecule has 1 fully saturated rings. The number of aryl methyl sites for hydroxylation is 2. The average Bonchev–Trinajstić information content (AvgIpc) is 3.05. The van der Waals surface area contributed by atoms with Crippen molar-refractivity contribution in [2.24, 2.45) is 7.05 Å². The third-order valence-corrected chi connectivity index (χ3v) is 6.33. The maximum Gasteiger partial charge on any atom is 0.267 e. The van der Waals surface area contributed by atoms with Crippen LogP contribution in [0.3, 0.4) is 0 Å². The first-order chi connectivity index (χ1) is 12.6. The topological polar surface area (TPSA) is 60.1 Å². The molecule has 6 nitrogen and oxygen atoms in total. The van der Waals surface area contributed by atoms with Gasteiger partial charge in [0, 0.05) is 50.1 Å². The number of rotatable bonds is 4. The van der Waals surface area contributed by atoms with Gasteiger partial charge in [-0.1, -0.05) is 6.07 Å². The highest BCUT2D eigenvalue weighted by molar-refractivity contribution is 7.98. The van der Waals surface area contributed by atoms with Crippen molar-refractivity contribution in [2.45, 2.75) is 44.1 Å². The Balaban J connectivity index is 1.51. The van der Waals surface area contributed by atoms with E-state index in [1.807, 2.05) is 24.0 Å². The number of nitrogens with zero attached hydrogens (tertiary/aromatic N) is 4. The number of thioether (sulfide) groups is 1. The molecular weight excluding hydrogens is 348 g/mol. The van der Waals surface area contributed by atoms with Crippen molar-refractivity contribution in [3.05, 3.63) is 61.9 Å². The molecule has 2 aliphatic heterocycles. The Bertz CT molecular complexity index is 920. The van der Waals surface area contributed by atoms with Crippen molar-refractivity contribution in [2.75, 3.05) is 12.3 Å². The van der Waals surface area contributed by atoms with E-state index in [4.69, 9.17) is 0 Å². The van der Waals surface area contributed by atoms with E-state index < -0.39 is 0 Å². The lowest BCUT2D eigenvalue weighted by Gasteiger charge is -2.25. The van der Waals surface area contributed by atoms with E-state index in [0.717, 1.165) is 60.7 Å². The summed E-state index contributed by atoms with van der Waals surface area (Å²) in [5.41, 5.74) is 3.35. The van der Waals surface area contributed by atoms with Crippen molar-refractivity contribution in [3.63, 3.8) is 0 Å². The zero-order chi connectivity index (χ0) is 18.1. The Labute approximate surface area is 156 Å². The SMILES string of the molecule is Cn1cc(CN2CCCC2Cn2nc3c(cc2=O)CSCC3)ccc1=O. The van der Waals surface area contributed by atoms with Gasteiger partial charge in [0.2, 0.25) is 5.56 Å². The minimum absolute atomic E-state index is 0.00898. The Morgan fingerprint density at radius 3 is 3.00 bits per heavy atom. The summed E-state index contributed by atoms with van der Waals surface area (Å²) < 4.78 is 3.28. The number of hydrogen-bond acceptors (Lipinski definition) is 5. The van der Waals surface area contributed by atoms with Gasteiger partial charge < -0.3 is 4.57 Å². The summed E-state index contributed by atoms with van der Waals surface area (Å²) in [7, 11) is 1.78. The highest BCUT2D eigenvalue weighted by Crippen LogP contribution is 2.23. The maximum absolute atomic E-state index is 12.5. The molecule has 4 heterocycles. The van der Waals surface area contributed by atoms with Gasteiger partial charge in [0.15, 0.2) is 0 Å². The second kappa shape index (κ2) is 7.40. The van der Waals surface area contributed by atoms with Crippen molar-refractivity contribution in [3.8, 4) is 0 Å². The van der Waals surface area contributed by atoms with Crippen LogP contribution in [0.4, 0.5) is 0 Å². The van der Waals surface area contributed by atoms with E-state index in [2.05, 4.69) is 10.00 Å². The summed E-state index contributed by atoms with van der Waals surface area (Å²) >= 11 is 1.87. The Morgan fingerprint density at radius 2 is 2.15 bits per heavy atom. The number of hydrogen-bond donors (Lipinski definition) is 0. The molecule has 0 saturated carbocycles. The van der Waals surface area contributed by atoms with Gasteiger partial charge in [0.1, 0.15) is 0 Å². The first-order valence-electron chi connectivity index (χ1n) is 9.17. The highest BCUT2D eigenvalue weighted by Gasteiger charge is 2.26. The molecule has 0 aromatic carbocycles. The zero-order valence-electron chi connectivity index (χ0n) is 15.1. The van der Waals surface area contributed by atoms with E-state index in [9.17, 15) is 9.59 Å². The van der Waals surface area contributed by atoms with Crippen LogP contribution in [-0.2, 0) is 32.3 Å². The molecule has 26 heavy (non-hydrogen) atoms. The normalized spacial score (nSPS) is 20.3. The molecule has 4 rings (SSSR count). The minimum atomic E-state index is 0.00898. The predicted octanol–water partition coefficient (Wildman–Crippen LogP) is 1.40. The van der Waals surface area contributed by atoms with Gasteiger partial charge in [-0.25, -0.2) is 4.68 Å². The lowest BCUT2D eigenvalue weighted by Crippen LogP contribution is -2.37. The van der Waals surface area contributed by atoms with Gasteiger partial charge in [-0.2, -0.15) is 16.9 Å². The summed E-state index contributed by atoms with van der Waals surface area (Å²) in [6.45, 7) is 2.46. The van der Waals surface area contributed by atoms with Crippen LogP contribution in [-0.4, -0.2) is 37.6 Å². The van der Waals surface area contributed by atoms with E-state index >= 15 is 0 Å². The van der Waals surface area contributed by atoms with E-state index in [-0.39, 0.29) is 11.1 Å². The summed E-state index contributed by atoms with van der Waals surface area (Å²) in [4.78, 5) is 26.4. The number of pyridine rings is 1. The van der Waals surface area contributed by atoms with Crippen LogP contribution in [0.5, 0.6) is 0 Å². The molecule has 0 radical (unpaired) electrons. The van der Waals surface area contributed by atoms with Crippen LogP contribution >= 0.6 is 11.8 Å². The van der Waals surface area contributed by atoms with Crippen molar-refractivity contribution in [1.29, 1.82) is 0 Å². The fourth-order valence-electron chi connectivity index (χ4n) is 3.87. The van der Waals surface area contributed by atoms with E-state index in [1.165, 1.54) is 0 Å². The fourth-order valence-corrected chi connectivity index (χ4v) is 4.82. The monoisotopic (exact) mass is 372 g/mol. The van der Waals surface area contributed by atoms with Gasteiger partial charge in [-0.15, -0.1) is 0 Å². The molecule has 2 aliphatic rings. The average molecular weight is 372 g/mol. The van der Waals surface area contributed by atoms with Gasteiger partial charge in [0.05, 0.1) is 12.2 Å². The highest BCUT2D eigenvalue weighted by atomic mass is 32.2. The smallest absolute Gasteiger partial charge is 0.267 e. The predicted molar refractivity (Wildman–Crippen MR) is 103 cm³/mol. The van der Waals surface area contributed by atoms with Crippen LogP contribution in [0.1, 0.15) is 29.7 Å². The molecule has 1 saturated heterocycles. The largest absolute Gasteiger partial charge is 0.318 e. The summed E-state index contributed by atoms with van der Waals surface area (Å²) in [5.74, 6) is 1.99. The van der Waals surface area contributed by atoms with E-state index in [1.54, 1.807) is 28.4 Å². The Hall–Kier alpha value is -1.86. The Morgan fingerprint density at radius 1 is 1.27 bits per heavy atom. The number of fused-ring (bicyclic) bond motifs is 1. The molecule has 0 bridgehead atoms. The second-order valence-electron chi connectivity index (χ2n) is 7.19. The first-order valence-corrected chi connectivity index (χ1v) is 10.3. The maximum atomic E-state index is 12.5. The van der Waals surface area contributed by atoms with Crippen molar-refractivity contribution in [1.82, 2.24) is 19.2 Å². The van der Waals surface area contributed by atoms with Crippen LogP contribution in [0.25, 0.3) is 0 Å². The molecule has 7 heteroatoms. The molecule has 0 aliphatic carbocycles. The van der Waals surface area contributed by atoms with Crippen molar-refractivity contribution < 1.29 is 0 Å². The van der Waals surface area contributed by atoms with Crippen LogP contribution in [0.15, 0.2) is 34.0 Å². The van der Waals surface area contributed by atoms with Gasteiger partial charge in [0.25, 0.3) is 5.56 Å². The summed E-state index contributed by atoms with van der Waals surface area (Å²) in [6, 6.07) is 5.61. The molecule has 0 spiro atoms. The third kappa shape index (κ3) is 3.64. The standard InChI is InChI=1S/C19H24N4O2S/c1-21-10-14(4-5-18(21)24)11-22-7-2-3-16(22)12-23-19(25)9-15-13-26-8-6-17(15)20-23/h4-5,9-10,16H,2-3,6-8,11-13H2,1H3. The molecule has 1 atom stereocenters. The molecule has 1 unspecified atom stereocenters. The first kappa shape index (κ1) is 17.5. The molecule has 2 aromatic rings. The minimum Gasteiger partial charge on any atom is -0.318 e. The molecule has 0 N–H and O–H groups in total. The molecule has 0 amide bonds. The third-order valence-electron chi connectivity index (χ3n) is 5.32. The number of likely N-dealkylation sites (tertiary alicyclic amines) is 1. The fraction of sp³-hybridized carbons (Fsp3) is 0.526. The summed E-state index contributed by atoms with van der Waals surface area (Å²) in [5, 5.41) is 4.66. The lowest BCUT2D eigenvalue weighted by molar-refractivity contribution is 0.216. The van der Waals surface area contributed by atoms with Gasteiger partial charge in [-0.05, 0) is 36.3 Å². The van der Waals surface area contributed by atoms with Gasteiger partial charge in [-0.3, -0.25) is 14.5 Å². The van der Waals surface area contributed by atoms with E-state index in [0.29, 0.717) is 12.6 Å². The van der Waals surface area contributed by atoms with Crippen LogP contribution in [0.2, 0.25) is 0 Å². The molecule has 2 aromatic heterocycles. The zero-order valence-corrected chi connectivity index (χ0v) is 15.9. The van der Waals surface area contributed by atoms with Gasteiger partial charge >= 0.3 is 0 Å². The van der Waals surface area contributed by atoms with Crippen LogP contribution in [0, 0.1) is 0 Å². The lowest BCUT2D eigenvalue weighted by atomic mass is 10.2. The van der Waals surface area contributed by atoms with Crippen LogP contribution < -0.4 is 11.1 Å². The second-order valence-corrected chi connectivity index (χ2v) is 8.30.